The van der Waals surface area contributed by atoms with Crippen LogP contribution in [-0.4, -0.2) is 95.9 Å². The van der Waals surface area contributed by atoms with E-state index in [4.69, 9.17) is 0 Å². The minimum atomic E-state index is -2.97. The highest BCUT2D eigenvalue weighted by atomic mass is 32.2. The highest BCUT2D eigenvalue weighted by Crippen LogP contribution is 2.26. The summed E-state index contributed by atoms with van der Waals surface area (Å²) in [4.78, 5) is 31.5. The smallest absolute Gasteiger partial charge is 0.274 e. The van der Waals surface area contributed by atoms with Gasteiger partial charge in [-0.15, -0.1) is 0 Å². The van der Waals surface area contributed by atoms with Gasteiger partial charge in [-0.25, -0.2) is 8.42 Å². The van der Waals surface area contributed by atoms with Crippen LogP contribution in [0.4, 0.5) is 0 Å². The molecule has 3 aliphatic rings. The van der Waals surface area contributed by atoms with Gasteiger partial charge in [-0.05, 0) is 45.7 Å². The third-order valence-corrected chi connectivity index (χ3v) is 8.36. The molecule has 0 radical (unpaired) electrons. The van der Waals surface area contributed by atoms with Crippen LogP contribution in [0.2, 0.25) is 0 Å². The van der Waals surface area contributed by atoms with Gasteiger partial charge in [-0.1, -0.05) is 0 Å². The second-order valence-corrected chi connectivity index (χ2v) is 10.8. The Morgan fingerprint density at radius 1 is 1.17 bits per heavy atom. The Labute approximate surface area is 171 Å². The molecule has 0 unspecified atom stereocenters. The van der Waals surface area contributed by atoms with Gasteiger partial charge in [0.15, 0.2) is 5.69 Å². The SMILES string of the molecule is CN(C(=O)c1n[nH]c2c1CCN(C(=O)[C@H]1CCCN1C)C2)C1CCS(=O)(=O)CC1. The topological polar surface area (TPSA) is 107 Å². The van der Waals surface area contributed by atoms with Crippen LogP contribution in [0, 0.1) is 0 Å². The van der Waals surface area contributed by atoms with E-state index in [1.165, 1.54) is 0 Å². The number of hydrogen-bond acceptors (Lipinski definition) is 6. The number of carbonyl (C=O) groups is 2. The van der Waals surface area contributed by atoms with Gasteiger partial charge < -0.3 is 9.80 Å². The number of carbonyl (C=O) groups excluding carboxylic acids is 2. The van der Waals surface area contributed by atoms with Gasteiger partial charge in [0, 0.05) is 25.2 Å². The molecule has 0 aromatic carbocycles. The zero-order chi connectivity index (χ0) is 20.8. The Bertz CT molecular complexity index is 898. The first kappa shape index (κ1) is 20.3. The molecule has 4 heterocycles. The fourth-order valence-electron chi connectivity index (χ4n) is 4.71. The Morgan fingerprint density at radius 2 is 1.90 bits per heavy atom. The summed E-state index contributed by atoms with van der Waals surface area (Å²) in [5.74, 6) is 0.224. The molecule has 1 aromatic rings. The van der Waals surface area contributed by atoms with Gasteiger partial charge in [-0.2, -0.15) is 5.10 Å². The fraction of sp³-hybridized carbons (Fsp3) is 0.737. The quantitative estimate of drug-likeness (QED) is 0.736. The number of sulfone groups is 1. The number of amides is 2. The predicted molar refractivity (Wildman–Crippen MR) is 107 cm³/mol. The van der Waals surface area contributed by atoms with Crippen molar-refractivity contribution in [2.45, 2.75) is 50.7 Å². The lowest BCUT2D eigenvalue weighted by Gasteiger charge is -2.32. The number of rotatable bonds is 3. The van der Waals surface area contributed by atoms with Crippen molar-refractivity contribution >= 4 is 21.7 Å². The molecular formula is C19H29N5O4S. The number of aromatic amines is 1. The molecule has 2 amide bonds. The summed E-state index contributed by atoms with van der Waals surface area (Å²) < 4.78 is 23.3. The molecule has 3 aliphatic heterocycles. The van der Waals surface area contributed by atoms with Gasteiger partial charge in [0.25, 0.3) is 5.91 Å². The van der Waals surface area contributed by atoms with Crippen LogP contribution in [0.1, 0.15) is 47.4 Å². The maximum absolute atomic E-state index is 13.0. The summed E-state index contributed by atoms with van der Waals surface area (Å²) in [6.07, 6.45) is 3.47. The zero-order valence-electron chi connectivity index (χ0n) is 17.1. The normalized spacial score (nSPS) is 25.0. The van der Waals surface area contributed by atoms with Crippen LogP contribution < -0.4 is 0 Å². The van der Waals surface area contributed by atoms with E-state index in [0.717, 1.165) is 30.6 Å². The predicted octanol–water partition coefficient (Wildman–Crippen LogP) is 0.0378. The molecule has 0 spiro atoms. The van der Waals surface area contributed by atoms with Crippen molar-refractivity contribution in [3.8, 4) is 0 Å². The molecule has 1 atom stereocenters. The lowest BCUT2D eigenvalue weighted by Crippen LogP contribution is -2.46. The van der Waals surface area contributed by atoms with Crippen LogP contribution in [0.15, 0.2) is 0 Å². The van der Waals surface area contributed by atoms with Crippen LogP contribution in [0.25, 0.3) is 0 Å². The van der Waals surface area contributed by atoms with Crippen molar-refractivity contribution in [3.05, 3.63) is 17.0 Å². The summed E-state index contributed by atoms with van der Waals surface area (Å²) >= 11 is 0. The summed E-state index contributed by atoms with van der Waals surface area (Å²) in [6.45, 7) is 1.98. The molecule has 10 heteroatoms. The summed E-state index contributed by atoms with van der Waals surface area (Å²) in [6, 6.07) is -0.132. The zero-order valence-corrected chi connectivity index (χ0v) is 17.9. The Hall–Kier alpha value is -1.94. The third-order valence-electron chi connectivity index (χ3n) is 6.65. The number of fused-ring (bicyclic) bond motifs is 1. The number of aromatic nitrogens is 2. The van der Waals surface area contributed by atoms with Gasteiger partial charge in [0.1, 0.15) is 9.84 Å². The Balaban J connectivity index is 1.44. The maximum atomic E-state index is 13.0. The van der Waals surface area contributed by atoms with Crippen LogP contribution in [0.3, 0.4) is 0 Å². The average Bonchev–Trinajstić information content (AvgIpc) is 3.32. The van der Waals surface area contributed by atoms with E-state index in [1.54, 1.807) is 11.9 Å². The van der Waals surface area contributed by atoms with Crippen LogP contribution in [0.5, 0.6) is 0 Å². The van der Waals surface area contributed by atoms with Crippen molar-refractivity contribution in [2.24, 2.45) is 0 Å². The van der Waals surface area contributed by atoms with E-state index in [9.17, 15) is 18.0 Å². The Kier molecular flexibility index (Phi) is 5.41. The van der Waals surface area contributed by atoms with Crippen molar-refractivity contribution in [1.29, 1.82) is 0 Å². The van der Waals surface area contributed by atoms with E-state index in [0.29, 0.717) is 38.0 Å². The number of nitrogens with one attached hydrogen (secondary N) is 1. The summed E-state index contributed by atoms with van der Waals surface area (Å²) in [7, 11) is 0.744. The van der Waals surface area contributed by atoms with Gasteiger partial charge >= 0.3 is 0 Å². The lowest BCUT2D eigenvalue weighted by atomic mass is 10.0. The van der Waals surface area contributed by atoms with E-state index < -0.39 is 9.84 Å². The fourth-order valence-corrected chi connectivity index (χ4v) is 6.18. The molecular weight excluding hydrogens is 394 g/mol. The standard InChI is InChI=1S/C19H29N5O4S/c1-22-8-3-4-16(22)18(25)24-9-5-14-15(12-24)20-21-17(14)19(26)23(2)13-6-10-29(27,28)11-7-13/h13,16H,3-12H2,1-2H3,(H,20,21)/t16-/m1/s1. The van der Waals surface area contributed by atoms with Gasteiger partial charge in [0.05, 0.1) is 29.8 Å². The molecule has 4 rings (SSSR count). The number of nitrogens with zero attached hydrogens (tertiary/aromatic N) is 4. The third kappa shape index (κ3) is 3.92. The molecule has 0 bridgehead atoms. The second-order valence-electron chi connectivity index (χ2n) is 8.48. The number of hydrogen-bond donors (Lipinski definition) is 1. The first-order valence-corrected chi connectivity index (χ1v) is 12.1. The summed E-state index contributed by atoms with van der Waals surface area (Å²) in [5.41, 5.74) is 2.11. The minimum absolute atomic E-state index is 0.0470. The number of likely N-dealkylation sites (N-methyl/N-ethyl adjacent to an activating group) is 1. The molecule has 160 valence electrons. The van der Waals surface area contributed by atoms with E-state index in [1.807, 2.05) is 11.9 Å². The van der Waals surface area contributed by atoms with E-state index >= 15 is 0 Å². The molecule has 0 saturated carbocycles. The average molecular weight is 424 g/mol. The van der Waals surface area contributed by atoms with Crippen molar-refractivity contribution in [1.82, 2.24) is 24.9 Å². The van der Waals surface area contributed by atoms with E-state index in [-0.39, 0.29) is 35.4 Å². The molecule has 0 aliphatic carbocycles. The highest BCUT2D eigenvalue weighted by Gasteiger charge is 2.36. The summed E-state index contributed by atoms with van der Waals surface area (Å²) in [5, 5.41) is 7.23. The highest BCUT2D eigenvalue weighted by molar-refractivity contribution is 7.91. The first-order chi connectivity index (χ1) is 13.8. The van der Waals surface area contributed by atoms with Crippen molar-refractivity contribution in [3.63, 3.8) is 0 Å². The number of H-pyrrole nitrogens is 1. The lowest BCUT2D eigenvalue weighted by molar-refractivity contribution is -0.136. The number of likely N-dealkylation sites (tertiary alicyclic amines) is 1. The van der Waals surface area contributed by atoms with Crippen molar-refractivity contribution in [2.75, 3.05) is 38.7 Å². The van der Waals surface area contributed by atoms with E-state index in [2.05, 4.69) is 15.1 Å². The second kappa shape index (κ2) is 7.71. The largest absolute Gasteiger partial charge is 0.337 e. The first-order valence-electron chi connectivity index (χ1n) is 10.3. The van der Waals surface area contributed by atoms with Crippen LogP contribution >= 0.6 is 0 Å². The molecule has 1 aromatic heterocycles. The maximum Gasteiger partial charge on any atom is 0.274 e. The van der Waals surface area contributed by atoms with Crippen LogP contribution in [-0.2, 0) is 27.6 Å². The molecule has 2 fully saturated rings. The monoisotopic (exact) mass is 423 g/mol. The van der Waals surface area contributed by atoms with Crippen molar-refractivity contribution < 1.29 is 18.0 Å². The minimum Gasteiger partial charge on any atom is -0.337 e. The molecule has 29 heavy (non-hydrogen) atoms. The molecule has 2 saturated heterocycles. The van der Waals surface area contributed by atoms with Gasteiger partial charge in [0.2, 0.25) is 5.91 Å². The molecule has 9 nitrogen and oxygen atoms in total. The Morgan fingerprint density at radius 3 is 2.55 bits per heavy atom. The molecule has 1 N–H and O–H groups in total. The van der Waals surface area contributed by atoms with Gasteiger partial charge in [-0.3, -0.25) is 19.6 Å².